The van der Waals surface area contributed by atoms with E-state index in [4.69, 9.17) is 16.3 Å². The van der Waals surface area contributed by atoms with Crippen LogP contribution in [0.3, 0.4) is 0 Å². The third-order valence-electron chi connectivity index (χ3n) is 4.37. The average molecular weight is 373 g/mol. The summed E-state index contributed by atoms with van der Waals surface area (Å²) in [6.45, 7) is 0.917. The SMILES string of the molecule is O=C(NCc1ccccc1F)c1cn2c3c(ccc(Cl)c3c1=O)OCC2. The standard InChI is InChI=1S/C19H14ClFN2O3/c20-13-5-6-15-17-16(13)18(24)12(10-23(17)7-8-26-15)19(25)22-9-11-3-1-2-4-14(11)21/h1-6,10H,7-9H2,(H,22,25). The number of rotatable bonds is 3. The largest absolute Gasteiger partial charge is 0.490 e. The molecule has 0 unspecified atom stereocenters. The number of nitrogens with zero attached hydrogens (tertiary/aromatic N) is 1. The van der Waals surface area contributed by atoms with E-state index >= 15 is 0 Å². The first-order chi connectivity index (χ1) is 12.6. The van der Waals surface area contributed by atoms with Crippen LogP contribution in [-0.2, 0) is 13.1 Å². The fraction of sp³-hybridized carbons (Fsp3) is 0.158. The smallest absolute Gasteiger partial charge is 0.257 e. The van der Waals surface area contributed by atoms with Gasteiger partial charge in [0.15, 0.2) is 0 Å². The highest BCUT2D eigenvalue weighted by Crippen LogP contribution is 2.31. The summed E-state index contributed by atoms with van der Waals surface area (Å²) in [6.07, 6.45) is 1.50. The monoisotopic (exact) mass is 372 g/mol. The molecule has 26 heavy (non-hydrogen) atoms. The molecule has 4 rings (SSSR count). The topological polar surface area (TPSA) is 60.3 Å². The molecule has 0 bridgehead atoms. The van der Waals surface area contributed by atoms with Crippen LogP contribution in [0.25, 0.3) is 10.9 Å². The lowest BCUT2D eigenvalue weighted by molar-refractivity contribution is 0.0948. The third-order valence-corrected chi connectivity index (χ3v) is 4.68. The number of pyridine rings is 1. The molecule has 2 heterocycles. The van der Waals surface area contributed by atoms with Crippen molar-refractivity contribution in [2.24, 2.45) is 0 Å². The van der Waals surface area contributed by atoms with Crippen molar-refractivity contribution in [1.82, 2.24) is 9.88 Å². The molecule has 7 heteroatoms. The molecule has 1 amide bonds. The summed E-state index contributed by atoms with van der Waals surface area (Å²) in [4.78, 5) is 25.4. The summed E-state index contributed by atoms with van der Waals surface area (Å²) < 4.78 is 21.1. The number of hydrogen-bond donors (Lipinski definition) is 1. The maximum Gasteiger partial charge on any atom is 0.257 e. The van der Waals surface area contributed by atoms with Crippen molar-refractivity contribution in [3.05, 3.63) is 74.8 Å². The summed E-state index contributed by atoms with van der Waals surface area (Å²) >= 11 is 6.21. The highest BCUT2D eigenvalue weighted by Gasteiger charge is 2.22. The minimum atomic E-state index is -0.572. The molecule has 0 atom stereocenters. The number of benzene rings is 2. The van der Waals surface area contributed by atoms with Gasteiger partial charge in [-0.1, -0.05) is 29.8 Å². The van der Waals surface area contributed by atoms with Gasteiger partial charge in [-0.2, -0.15) is 0 Å². The Bertz CT molecular complexity index is 1090. The van der Waals surface area contributed by atoms with Crippen molar-refractivity contribution in [3.63, 3.8) is 0 Å². The van der Waals surface area contributed by atoms with Gasteiger partial charge in [0.1, 0.15) is 23.7 Å². The number of ether oxygens (including phenoxy) is 1. The summed E-state index contributed by atoms with van der Waals surface area (Å²) in [5.74, 6) is -0.425. The van der Waals surface area contributed by atoms with Gasteiger partial charge in [0, 0.05) is 18.3 Å². The zero-order valence-corrected chi connectivity index (χ0v) is 14.3. The first kappa shape index (κ1) is 16.6. The summed E-state index contributed by atoms with van der Waals surface area (Å²) in [7, 11) is 0. The zero-order chi connectivity index (χ0) is 18.3. The van der Waals surface area contributed by atoms with Crippen molar-refractivity contribution < 1.29 is 13.9 Å². The molecule has 132 valence electrons. The first-order valence-electron chi connectivity index (χ1n) is 8.06. The van der Waals surface area contributed by atoms with E-state index in [-0.39, 0.29) is 22.5 Å². The Labute approximate surface area is 153 Å². The Balaban J connectivity index is 1.74. The van der Waals surface area contributed by atoms with Crippen LogP contribution in [0.4, 0.5) is 4.39 Å². The van der Waals surface area contributed by atoms with Gasteiger partial charge >= 0.3 is 0 Å². The molecule has 1 aliphatic rings. The lowest BCUT2D eigenvalue weighted by Gasteiger charge is -2.22. The minimum absolute atomic E-state index is 0.0140. The molecule has 0 saturated carbocycles. The van der Waals surface area contributed by atoms with Crippen LogP contribution in [0.5, 0.6) is 5.75 Å². The number of nitrogens with one attached hydrogen (secondary N) is 1. The Hall–Kier alpha value is -2.86. The van der Waals surface area contributed by atoms with Crippen LogP contribution < -0.4 is 15.5 Å². The summed E-state index contributed by atoms with van der Waals surface area (Å²) in [5.41, 5.74) is 0.422. The maximum absolute atomic E-state index is 13.7. The lowest BCUT2D eigenvalue weighted by Crippen LogP contribution is -2.31. The van der Waals surface area contributed by atoms with Gasteiger partial charge in [0.05, 0.1) is 22.5 Å². The van der Waals surface area contributed by atoms with E-state index in [2.05, 4.69) is 5.32 Å². The van der Waals surface area contributed by atoms with E-state index in [1.807, 2.05) is 0 Å². The molecule has 3 aromatic rings. The second kappa shape index (κ2) is 6.46. The Morgan fingerprint density at radius 2 is 2.08 bits per heavy atom. The molecule has 1 aliphatic heterocycles. The molecule has 5 nitrogen and oxygen atoms in total. The van der Waals surface area contributed by atoms with Crippen LogP contribution in [0, 0.1) is 5.82 Å². The second-order valence-electron chi connectivity index (χ2n) is 5.96. The van der Waals surface area contributed by atoms with E-state index in [0.29, 0.717) is 30.0 Å². The van der Waals surface area contributed by atoms with Gasteiger partial charge in [-0.15, -0.1) is 0 Å². The first-order valence-corrected chi connectivity index (χ1v) is 8.44. The Morgan fingerprint density at radius 1 is 1.27 bits per heavy atom. The number of halogens is 2. The van der Waals surface area contributed by atoms with E-state index in [1.165, 1.54) is 12.3 Å². The predicted molar refractivity (Wildman–Crippen MR) is 96.3 cm³/mol. The highest BCUT2D eigenvalue weighted by molar-refractivity contribution is 6.35. The van der Waals surface area contributed by atoms with Crippen molar-refractivity contribution in [2.75, 3.05) is 6.61 Å². The quantitative estimate of drug-likeness (QED) is 0.768. The lowest BCUT2D eigenvalue weighted by atomic mass is 10.1. The van der Waals surface area contributed by atoms with Gasteiger partial charge < -0.3 is 14.6 Å². The highest BCUT2D eigenvalue weighted by atomic mass is 35.5. The molecule has 1 N–H and O–H groups in total. The normalized spacial score (nSPS) is 12.7. The summed E-state index contributed by atoms with van der Waals surface area (Å²) in [6, 6.07) is 9.43. The van der Waals surface area contributed by atoms with Crippen molar-refractivity contribution in [1.29, 1.82) is 0 Å². The number of amides is 1. The zero-order valence-electron chi connectivity index (χ0n) is 13.6. The van der Waals surface area contributed by atoms with Crippen LogP contribution in [0.15, 0.2) is 47.4 Å². The van der Waals surface area contributed by atoms with E-state index in [1.54, 1.807) is 34.9 Å². The summed E-state index contributed by atoms with van der Waals surface area (Å²) in [5, 5.41) is 3.11. The van der Waals surface area contributed by atoms with Crippen molar-refractivity contribution in [2.45, 2.75) is 13.1 Å². The van der Waals surface area contributed by atoms with Crippen LogP contribution in [0.2, 0.25) is 5.02 Å². The van der Waals surface area contributed by atoms with Crippen molar-refractivity contribution >= 4 is 28.4 Å². The number of carbonyl (C=O) groups is 1. The molecule has 0 radical (unpaired) electrons. The second-order valence-corrected chi connectivity index (χ2v) is 6.36. The fourth-order valence-electron chi connectivity index (χ4n) is 3.08. The number of hydrogen-bond acceptors (Lipinski definition) is 3. The average Bonchev–Trinajstić information content (AvgIpc) is 2.64. The van der Waals surface area contributed by atoms with Crippen molar-refractivity contribution in [3.8, 4) is 5.75 Å². The van der Waals surface area contributed by atoms with Gasteiger partial charge in [-0.05, 0) is 18.2 Å². The molecule has 2 aromatic carbocycles. The van der Waals surface area contributed by atoms with Gasteiger partial charge in [-0.3, -0.25) is 9.59 Å². The van der Waals surface area contributed by atoms with Crippen LogP contribution in [-0.4, -0.2) is 17.1 Å². The van der Waals surface area contributed by atoms with E-state index in [0.717, 1.165) is 0 Å². The minimum Gasteiger partial charge on any atom is -0.490 e. The third kappa shape index (κ3) is 2.72. The van der Waals surface area contributed by atoms with Crippen LogP contribution in [0.1, 0.15) is 15.9 Å². The fourth-order valence-corrected chi connectivity index (χ4v) is 3.32. The molecule has 0 spiro atoms. The number of aromatic nitrogens is 1. The van der Waals surface area contributed by atoms with Crippen LogP contribution >= 0.6 is 11.6 Å². The van der Waals surface area contributed by atoms with E-state index in [9.17, 15) is 14.0 Å². The van der Waals surface area contributed by atoms with Gasteiger partial charge in [0.2, 0.25) is 5.43 Å². The molecular formula is C19H14ClFN2O3. The Kier molecular flexibility index (Phi) is 4.12. The number of carbonyl (C=O) groups excluding carboxylic acids is 1. The van der Waals surface area contributed by atoms with Gasteiger partial charge in [-0.25, -0.2) is 4.39 Å². The molecule has 0 saturated heterocycles. The predicted octanol–water partition coefficient (Wildman–Crippen LogP) is 3.12. The Morgan fingerprint density at radius 3 is 2.88 bits per heavy atom. The molecule has 0 aliphatic carbocycles. The molecule has 1 aromatic heterocycles. The molecule has 0 fully saturated rings. The van der Waals surface area contributed by atoms with E-state index < -0.39 is 17.2 Å². The van der Waals surface area contributed by atoms with Gasteiger partial charge in [0.25, 0.3) is 5.91 Å². The maximum atomic E-state index is 13.7. The molecular weight excluding hydrogens is 359 g/mol.